The van der Waals surface area contributed by atoms with Crippen LogP contribution in [0.25, 0.3) is 6.08 Å². The smallest absolute Gasteiger partial charge is 0.261 e. The predicted octanol–water partition coefficient (Wildman–Crippen LogP) is 2.96. The number of ether oxygens (including phenoxy) is 1. The average molecular weight is 306 g/mol. The standard InChI is InChI=1S/C19H18N2O2/c1-23-18-9-5-8-16(13-18)12-17(14-20)19(22)21-11-10-15-6-3-2-4-7-15/h2-9,12-13H,10-11H2,1H3,(H,21,22)/b17-12+. The molecule has 2 aromatic carbocycles. The number of amides is 1. The van der Waals surface area contributed by atoms with Gasteiger partial charge in [0.1, 0.15) is 17.4 Å². The number of nitrogens with one attached hydrogen (secondary N) is 1. The molecule has 4 heteroatoms. The lowest BCUT2D eigenvalue weighted by molar-refractivity contribution is -0.117. The van der Waals surface area contributed by atoms with Gasteiger partial charge in [-0.15, -0.1) is 0 Å². The zero-order valence-corrected chi connectivity index (χ0v) is 13.0. The van der Waals surface area contributed by atoms with Crippen molar-refractivity contribution in [3.8, 4) is 11.8 Å². The summed E-state index contributed by atoms with van der Waals surface area (Å²) in [5.74, 6) is 0.312. The van der Waals surface area contributed by atoms with E-state index in [9.17, 15) is 10.1 Å². The van der Waals surface area contributed by atoms with Gasteiger partial charge in [0.05, 0.1) is 7.11 Å². The van der Waals surface area contributed by atoms with E-state index >= 15 is 0 Å². The minimum atomic E-state index is -0.369. The number of methoxy groups -OCH3 is 1. The van der Waals surface area contributed by atoms with E-state index in [1.165, 1.54) is 0 Å². The molecule has 0 aromatic heterocycles. The second kappa shape index (κ2) is 8.40. The molecule has 1 amide bonds. The molecule has 0 unspecified atom stereocenters. The maximum Gasteiger partial charge on any atom is 0.261 e. The highest BCUT2D eigenvalue weighted by atomic mass is 16.5. The number of carbonyl (C=O) groups excluding carboxylic acids is 1. The third-order valence-electron chi connectivity index (χ3n) is 3.31. The zero-order valence-electron chi connectivity index (χ0n) is 13.0. The van der Waals surface area contributed by atoms with Crippen molar-refractivity contribution in [1.82, 2.24) is 5.32 Å². The molecule has 2 rings (SSSR count). The number of hydrogen-bond donors (Lipinski definition) is 1. The lowest BCUT2D eigenvalue weighted by atomic mass is 10.1. The van der Waals surface area contributed by atoms with Crippen LogP contribution < -0.4 is 10.1 Å². The Bertz CT molecular complexity index is 731. The molecule has 0 saturated carbocycles. The van der Waals surface area contributed by atoms with Gasteiger partial charge in [0.15, 0.2) is 0 Å². The molecule has 0 fully saturated rings. The molecule has 2 aromatic rings. The lowest BCUT2D eigenvalue weighted by Crippen LogP contribution is -2.26. The molecular formula is C19H18N2O2. The molecule has 0 saturated heterocycles. The summed E-state index contributed by atoms with van der Waals surface area (Å²) in [7, 11) is 1.57. The Morgan fingerprint density at radius 1 is 1.22 bits per heavy atom. The van der Waals surface area contributed by atoms with E-state index < -0.39 is 0 Å². The highest BCUT2D eigenvalue weighted by molar-refractivity contribution is 6.01. The quantitative estimate of drug-likeness (QED) is 0.659. The zero-order chi connectivity index (χ0) is 16.5. The summed E-state index contributed by atoms with van der Waals surface area (Å²) in [6.07, 6.45) is 2.28. The first kappa shape index (κ1) is 16.3. The minimum absolute atomic E-state index is 0.0753. The van der Waals surface area contributed by atoms with Gasteiger partial charge in [-0.05, 0) is 35.8 Å². The molecule has 1 N–H and O–H groups in total. The first-order chi connectivity index (χ1) is 11.2. The van der Waals surface area contributed by atoms with Crippen LogP contribution in [0.1, 0.15) is 11.1 Å². The van der Waals surface area contributed by atoms with Crippen LogP contribution in [-0.4, -0.2) is 19.6 Å². The van der Waals surface area contributed by atoms with E-state index in [0.717, 1.165) is 17.5 Å². The Morgan fingerprint density at radius 2 is 2.00 bits per heavy atom. The molecular weight excluding hydrogens is 288 g/mol. The van der Waals surface area contributed by atoms with Crippen molar-refractivity contribution < 1.29 is 9.53 Å². The summed E-state index contributed by atoms with van der Waals surface area (Å²) in [5.41, 5.74) is 1.97. The monoisotopic (exact) mass is 306 g/mol. The van der Waals surface area contributed by atoms with E-state index in [2.05, 4.69) is 5.32 Å². The van der Waals surface area contributed by atoms with Crippen LogP contribution >= 0.6 is 0 Å². The predicted molar refractivity (Wildman–Crippen MR) is 89.7 cm³/mol. The van der Waals surface area contributed by atoms with Crippen LogP contribution in [0.15, 0.2) is 60.2 Å². The SMILES string of the molecule is COc1cccc(/C=C(\C#N)C(=O)NCCc2ccccc2)c1. The molecule has 0 radical (unpaired) electrons. The van der Waals surface area contributed by atoms with Gasteiger partial charge in [-0.2, -0.15) is 5.26 Å². The first-order valence-corrected chi connectivity index (χ1v) is 7.31. The minimum Gasteiger partial charge on any atom is -0.497 e. The fourth-order valence-corrected chi connectivity index (χ4v) is 2.11. The lowest BCUT2D eigenvalue weighted by Gasteiger charge is -2.05. The third kappa shape index (κ3) is 5.01. The maximum absolute atomic E-state index is 12.1. The number of rotatable bonds is 6. The highest BCUT2D eigenvalue weighted by Gasteiger charge is 2.08. The van der Waals surface area contributed by atoms with E-state index in [4.69, 9.17) is 4.74 Å². The summed E-state index contributed by atoms with van der Waals surface area (Å²) in [6, 6.07) is 19.0. The summed E-state index contributed by atoms with van der Waals surface area (Å²) in [6.45, 7) is 0.486. The van der Waals surface area contributed by atoms with Gasteiger partial charge in [0.2, 0.25) is 0 Å². The summed E-state index contributed by atoms with van der Waals surface area (Å²) < 4.78 is 5.13. The van der Waals surface area contributed by atoms with Crippen molar-refractivity contribution in [3.05, 3.63) is 71.3 Å². The van der Waals surface area contributed by atoms with Crippen LogP contribution in [-0.2, 0) is 11.2 Å². The Hall–Kier alpha value is -3.06. The second-order valence-corrected chi connectivity index (χ2v) is 4.94. The first-order valence-electron chi connectivity index (χ1n) is 7.31. The average Bonchev–Trinajstić information content (AvgIpc) is 2.60. The Balaban J connectivity index is 1.98. The van der Waals surface area contributed by atoms with Crippen LogP contribution in [0, 0.1) is 11.3 Å². The Kier molecular flexibility index (Phi) is 5.96. The Labute approximate surface area is 136 Å². The molecule has 0 aliphatic rings. The number of nitriles is 1. The number of hydrogen-bond acceptors (Lipinski definition) is 3. The van der Waals surface area contributed by atoms with Crippen molar-refractivity contribution in [1.29, 1.82) is 5.26 Å². The van der Waals surface area contributed by atoms with Crippen molar-refractivity contribution in [2.45, 2.75) is 6.42 Å². The third-order valence-corrected chi connectivity index (χ3v) is 3.31. The van der Waals surface area contributed by atoms with Crippen molar-refractivity contribution in [2.24, 2.45) is 0 Å². The highest BCUT2D eigenvalue weighted by Crippen LogP contribution is 2.15. The molecule has 23 heavy (non-hydrogen) atoms. The van der Waals surface area contributed by atoms with E-state index in [1.54, 1.807) is 19.3 Å². The summed E-state index contributed by atoms with van der Waals surface area (Å²) >= 11 is 0. The van der Waals surface area contributed by atoms with E-state index in [-0.39, 0.29) is 11.5 Å². The molecule has 0 atom stereocenters. The molecule has 0 aliphatic heterocycles. The normalized spacial score (nSPS) is 10.7. The van der Waals surface area contributed by atoms with Crippen LogP contribution in [0.3, 0.4) is 0 Å². The van der Waals surface area contributed by atoms with Crippen LogP contribution in [0.5, 0.6) is 5.75 Å². The molecule has 0 spiro atoms. The van der Waals surface area contributed by atoms with Gasteiger partial charge in [-0.25, -0.2) is 0 Å². The number of benzene rings is 2. The van der Waals surface area contributed by atoms with Gasteiger partial charge in [0, 0.05) is 6.54 Å². The maximum atomic E-state index is 12.1. The Morgan fingerprint density at radius 3 is 2.70 bits per heavy atom. The van der Waals surface area contributed by atoms with E-state index in [0.29, 0.717) is 12.3 Å². The molecule has 116 valence electrons. The second-order valence-electron chi connectivity index (χ2n) is 4.94. The van der Waals surface area contributed by atoms with Crippen molar-refractivity contribution in [3.63, 3.8) is 0 Å². The largest absolute Gasteiger partial charge is 0.497 e. The summed E-state index contributed by atoms with van der Waals surface area (Å²) in [5, 5.41) is 12.0. The number of carbonyl (C=O) groups is 1. The van der Waals surface area contributed by atoms with Crippen LogP contribution in [0.2, 0.25) is 0 Å². The topological polar surface area (TPSA) is 62.1 Å². The fourth-order valence-electron chi connectivity index (χ4n) is 2.11. The van der Waals surface area contributed by atoms with Crippen molar-refractivity contribution >= 4 is 12.0 Å². The van der Waals surface area contributed by atoms with Gasteiger partial charge in [0.25, 0.3) is 5.91 Å². The molecule has 0 aliphatic carbocycles. The van der Waals surface area contributed by atoms with Gasteiger partial charge < -0.3 is 10.1 Å². The van der Waals surface area contributed by atoms with E-state index in [1.807, 2.05) is 54.6 Å². The fraction of sp³-hybridized carbons (Fsp3) is 0.158. The number of nitrogens with zero attached hydrogens (tertiary/aromatic N) is 1. The molecule has 4 nitrogen and oxygen atoms in total. The van der Waals surface area contributed by atoms with Crippen molar-refractivity contribution in [2.75, 3.05) is 13.7 Å². The molecule has 0 heterocycles. The summed E-state index contributed by atoms with van der Waals surface area (Å²) in [4.78, 5) is 12.1. The molecule has 0 bridgehead atoms. The van der Waals surface area contributed by atoms with Crippen LogP contribution in [0.4, 0.5) is 0 Å². The van der Waals surface area contributed by atoms with Gasteiger partial charge in [-0.1, -0.05) is 42.5 Å². The van der Waals surface area contributed by atoms with Gasteiger partial charge in [-0.3, -0.25) is 4.79 Å². The van der Waals surface area contributed by atoms with Gasteiger partial charge >= 0.3 is 0 Å².